The van der Waals surface area contributed by atoms with Crippen molar-refractivity contribution < 1.29 is 0 Å². The summed E-state index contributed by atoms with van der Waals surface area (Å²) in [6.07, 6.45) is 4.23. The molecule has 60 valence electrons. The summed E-state index contributed by atoms with van der Waals surface area (Å²) in [5.41, 5.74) is 1.27. The van der Waals surface area contributed by atoms with Crippen molar-refractivity contribution in [3.05, 3.63) is 45.6 Å². The van der Waals surface area contributed by atoms with Gasteiger partial charge in [-0.25, -0.2) is 0 Å². The van der Waals surface area contributed by atoms with Crippen molar-refractivity contribution in [2.45, 2.75) is 6.42 Å². The van der Waals surface area contributed by atoms with E-state index in [1.165, 1.54) is 15.2 Å². The Morgan fingerprint density at radius 3 is 2.83 bits per heavy atom. The van der Waals surface area contributed by atoms with Gasteiger partial charge in [0.2, 0.25) is 0 Å². The highest BCUT2D eigenvalue weighted by molar-refractivity contribution is 14.1. The topological polar surface area (TPSA) is 23.8 Å². The van der Waals surface area contributed by atoms with Crippen LogP contribution in [0.15, 0.2) is 36.4 Å². The molecule has 1 aromatic rings. The maximum absolute atomic E-state index is 8.27. The first-order valence-corrected chi connectivity index (χ1v) is 4.70. The van der Waals surface area contributed by atoms with Crippen LogP contribution in [0.5, 0.6) is 0 Å². The monoisotopic (exact) mass is 269 g/mol. The van der Waals surface area contributed by atoms with E-state index in [1.807, 2.05) is 24.3 Å². The molecule has 0 radical (unpaired) electrons. The molecule has 0 unspecified atom stereocenters. The van der Waals surface area contributed by atoms with E-state index in [4.69, 9.17) is 5.26 Å². The van der Waals surface area contributed by atoms with Crippen molar-refractivity contribution >= 4 is 22.6 Å². The number of hydrogen-bond donors (Lipinski definition) is 0. The zero-order valence-electron chi connectivity index (χ0n) is 6.50. The normalized spacial score (nSPS) is 10.0. The van der Waals surface area contributed by atoms with Gasteiger partial charge >= 0.3 is 0 Å². The first-order chi connectivity index (χ1) is 5.84. The average Bonchev–Trinajstić information content (AvgIpc) is 2.09. The second-order valence-corrected chi connectivity index (χ2v) is 3.49. The SMILES string of the molecule is N#C/C=C/Cc1ccccc1I. The Bertz CT molecular complexity index is 323. The van der Waals surface area contributed by atoms with E-state index in [9.17, 15) is 0 Å². The molecule has 0 N–H and O–H groups in total. The molecule has 12 heavy (non-hydrogen) atoms. The number of halogens is 1. The molecule has 1 nitrogen and oxygen atoms in total. The lowest BCUT2D eigenvalue weighted by atomic mass is 10.1. The van der Waals surface area contributed by atoms with Gasteiger partial charge in [0.15, 0.2) is 0 Å². The number of rotatable bonds is 2. The van der Waals surface area contributed by atoms with Gasteiger partial charge < -0.3 is 0 Å². The van der Waals surface area contributed by atoms with E-state index in [0.717, 1.165) is 6.42 Å². The number of hydrogen-bond acceptors (Lipinski definition) is 1. The highest BCUT2D eigenvalue weighted by Gasteiger charge is 1.93. The van der Waals surface area contributed by atoms with Crippen LogP contribution in [0.1, 0.15) is 5.56 Å². The first-order valence-electron chi connectivity index (χ1n) is 3.62. The summed E-state index contributed by atoms with van der Waals surface area (Å²) >= 11 is 2.30. The molecule has 0 saturated carbocycles. The van der Waals surface area contributed by atoms with Crippen LogP contribution in [0.2, 0.25) is 0 Å². The Balaban J connectivity index is 2.71. The third kappa shape index (κ3) is 2.67. The van der Waals surface area contributed by atoms with Crippen LogP contribution in [-0.4, -0.2) is 0 Å². The van der Waals surface area contributed by atoms with Crippen molar-refractivity contribution in [1.82, 2.24) is 0 Å². The zero-order chi connectivity index (χ0) is 8.81. The Kier molecular flexibility index (Phi) is 3.81. The van der Waals surface area contributed by atoms with Crippen LogP contribution >= 0.6 is 22.6 Å². The minimum absolute atomic E-state index is 0.840. The molecule has 0 saturated heterocycles. The smallest absolute Gasteiger partial charge is 0.0908 e. The standard InChI is InChI=1S/C10H8IN/c11-10-7-2-1-5-9(10)6-3-4-8-12/h1-5,7H,6H2/b4-3+. The number of nitriles is 1. The van der Waals surface area contributed by atoms with Crippen LogP contribution < -0.4 is 0 Å². The molecule has 0 fully saturated rings. The van der Waals surface area contributed by atoms with Crippen molar-refractivity contribution in [2.24, 2.45) is 0 Å². The minimum atomic E-state index is 0.840. The molecular formula is C10H8IN. The van der Waals surface area contributed by atoms with Gasteiger partial charge in [0.1, 0.15) is 0 Å². The Hall–Kier alpha value is -0.820. The molecule has 0 amide bonds. The van der Waals surface area contributed by atoms with Gasteiger partial charge in [-0.3, -0.25) is 0 Å². The molecule has 0 spiro atoms. The molecule has 0 heterocycles. The van der Waals surface area contributed by atoms with Crippen molar-refractivity contribution in [2.75, 3.05) is 0 Å². The van der Waals surface area contributed by atoms with Crippen LogP contribution in [0.25, 0.3) is 0 Å². The van der Waals surface area contributed by atoms with Crippen LogP contribution in [0.4, 0.5) is 0 Å². The number of benzene rings is 1. The van der Waals surface area contributed by atoms with E-state index in [0.29, 0.717) is 0 Å². The molecule has 0 aliphatic heterocycles. The summed E-state index contributed by atoms with van der Waals surface area (Å²) in [6.45, 7) is 0. The highest BCUT2D eigenvalue weighted by Crippen LogP contribution is 2.11. The van der Waals surface area contributed by atoms with E-state index < -0.39 is 0 Å². The van der Waals surface area contributed by atoms with Gasteiger partial charge in [-0.1, -0.05) is 24.3 Å². The summed E-state index contributed by atoms with van der Waals surface area (Å²) in [6, 6.07) is 10.1. The van der Waals surface area contributed by atoms with Crippen molar-refractivity contribution in [1.29, 1.82) is 5.26 Å². The maximum atomic E-state index is 8.27. The van der Waals surface area contributed by atoms with Crippen LogP contribution in [0, 0.1) is 14.9 Å². The van der Waals surface area contributed by atoms with Gasteiger partial charge in [0, 0.05) is 9.65 Å². The van der Waals surface area contributed by atoms with E-state index in [-0.39, 0.29) is 0 Å². The largest absolute Gasteiger partial charge is 0.193 e. The van der Waals surface area contributed by atoms with Crippen molar-refractivity contribution in [3.8, 4) is 6.07 Å². The summed E-state index contributed by atoms with van der Waals surface area (Å²) < 4.78 is 1.25. The Morgan fingerprint density at radius 1 is 1.42 bits per heavy atom. The fourth-order valence-electron chi connectivity index (χ4n) is 0.903. The fourth-order valence-corrected chi connectivity index (χ4v) is 1.51. The fraction of sp³-hybridized carbons (Fsp3) is 0.100. The molecule has 1 aromatic carbocycles. The van der Waals surface area contributed by atoms with Crippen LogP contribution in [-0.2, 0) is 6.42 Å². The van der Waals surface area contributed by atoms with Gasteiger partial charge in [0.25, 0.3) is 0 Å². The van der Waals surface area contributed by atoms with Gasteiger partial charge in [-0.05, 0) is 40.6 Å². The van der Waals surface area contributed by atoms with Crippen molar-refractivity contribution in [3.63, 3.8) is 0 Å². The third-order valence-corrected chi connectivity index (χ3v) is 2.54. The van der Waals surface area contributed by atoms with Gasteiger partial charge in [-0.15, -0.1) is 0 Å². The summed E-state index contributed by atoms with van der Waals surface area (Å²) in [7, 11) is 0. The predicted octanol–water partition coefficient (Wildman–Crippen LogP) is 2.91. The Morgan fingerprint density at radius 2 is 2.17 bits per heavy atom. The molecule has 0 aliphatic rings. The second kappa shape index (κ2) is 4.94. The summed E-state index contributed by atoms with van der Waals surface area (Å²) in [4.78, 5) is 0. The number of allylic oxidation sites excluding steroid dienone is 2. The van der Waals surface area contributed by atoms with Gasteiger partial charge in [0.05, 0.1) is 6.07 Å². The number of nitrogens with zero attached hydrogens (tertiary/aromatic N) is 1. The first kappa shape index (κ1) is 9.27. The molecule has 1 rings (SSSR count). The summed E-state index contributed by atoms with van der Waals surface area (Å²) in [5.74, 6) is 0. The molecule has 0 aliphatic carbocycles. The highest BCUT2D eigenvalue weighted by atomic mass is 127. The minimum Gasteiger partial charge on any atom is -0.193 e. The van der Waals surface area contributed by atoms with E-state index in [1.54, 1.807) is 0 Å². The average molecular weight is 269 g/mol. The maximum Gasteiger partial charge on any atom is 0.0908 e. The van der Waals surface area contributed by atoms with Crippen LogP contribution in [0.3, 0.4) is 0 Å². The van der Waals surface area contributed by atoms with E-state index >= 15 is 0 Å². The molecule has 0 bridgehead atoms. The lowest BCUT2D eigenvalue weighted by Crippen LogP contribution is -1.84. The Labute approximate surface area is 85.9 Å². The molecule has 0 aromatic heterocycles. The molecule has 2 heteroatoms. The zero-order valence-corrected chi connectivity index (χ0v) is 8.65. The predicted molar refractivity (Wildman–Crippen MR) is 57.6 cm³/mol. The quantitative estimate of drug-likeness (QED) is 0.598. The van der Waals surface area contributed by atoms with Gasteiger partial charge in [-0.2, -0.15) is 5.26 Å². The summed E-state index contributed by atoms with van der Waals surface area (Å²) in [5, 5.41) is 8.27. The lowest BCUT2D eigenvalue weighted by Gasteiger charge is -1.98. The third-order valence-electron chi connectivity index (χ3n) is 1.49. The molecule has 0 atom stereocenters. The lowest BCUT2D eigenvalue weighted by molar-refractivity contribution is 1.25. The second-order valence-electron chi connectivity index (χ2n) is 2.33. The molecular weight excluding hydrogens is 261 g/mol. The van der Waals surface area contributed by atoms with E-state index in [2.05, 4.69) is 34.7 Å².